The summed E-state index contributed by atoms with van der Waals surface area (Å²) in [6.07, 6.45) is 1.12. The van der Waals surface area contributed by atoms with Crippen LogP contribution in [-0.2, 0) is 11.3 Å². The molecule has 6 nitrogen and oxygen atoms in total. The van der Waals surface area contributed by atoms with E-state index in [9.17, 15) is 9.59 Å². The Morgan fingerprint density at radius 1 is 1.43 bits per heavy atom. The number of fused-ring (bicyclic) bond motifs is 1. The molecular weight excluding hydrogens is 272 g/mol. The summed E-state index contributed by atoms with van der Waals surface area (Å²) >= 11 is 0. The van der Waals surface area contributed by atoms with Crippen molar-refractivity contribution in [3.63, 3.8) is 0 Å². The molecule has 0 aromatic heterocycles. The summed E-state index contributed by atoms with van der Waals surface area (Å²) in [7, 11) is 0. The molecule has 0 radical (unpaired) electrons. The molecule has 1 aliphatic heterocycles. The van der Waals surface area contributed by atoms with Crippen molar-refractivity contribution >= 4 is 12.0 Å². The summed E-state index contributed by atoms with van der Waals surface area (Å²) in [6, 6.07) is 6.34. The monoisotopic (exact) mass is 292 g/mol. The second kappa shape index (κ2) is 6.97. The first-order valence-corrected chi connectivity index (χ1v) is 7.10. The summed E-state index contributed by atoms with van der Waals surface area (Å²) in [5, 5.41) is 11.7. The zero-order valence-electron chi connectivity index (χ0n) is 12.0. The van der Waals surface area contributed by atoms with E-state index in [4.69, 9.17) is 9.84 Å². The lowest BCUT2D eigenvalue weighted by atomic mass is 10.1. The maximum absolute atomic E-state index is 12.2. The molecule has 21 heavy (non-hydrogen) atoms. The van der Waals surface area contributed by atoms with Crippen molar-refractivity contribution in [1.29, 1.82) is 0 Å². The van der Waals surface area contributed by atoms with Crippen LogP contribution in [0.2, 0.25) is 0 Å². The van der Waals surface area contributed by atoms with Gasteiger partial charge in [-0.1, -0.05) is 31.5 Å². The zero-order valence-corrected chi connectivity index (χ0v) is 12.0. The molecular formula is C15H20N2O4. The molecule has 114 valence electrons. The third kappa shape index (κ3) is 3.87. The molecule has 1 unspecified atom stereocenters. The number of aliphatic carboxylic acids is 1. The predicted molar refractivity (Wildman–Crippen MR) is 77.2 cm³/mol. The van der Waals surface area contributed by atoms with Gasteiger partial charge in [-0.2, -0.15) is 0 Å². The van der Waals surface area contributed by atoms with E-state index >= 15 is 0 Å². The number of benzene rings is 1. The number of nitrogens with zero attached hydrogens (tertiary/aromatic N) is 1. The van der Waals surface area contributed by atoms with Gasteiger partial charge in [-0.3, -0.25) is 0 Å². The lowest BCUT2D eigenvalue weighted by Gasteiger charge is -2.23. The molecule has 0 spiro atoms. The van der Waals surface area contributed by atoms with Crippen LogP contribution in [0.1, 0.15) is 25.3 Å². The summed E-state index contributed by atoms with van der Waals surface area (Å²) in [6.45, 7) is 3.13. The molecule has 1 aliphatic rings. The van der Waals surface area contributed by atoms with Crippen LogP contribution in [0.15, 0.2) is 24.3 Å². The summed E-state index contributed by atoms with van der Waals surface area (Å²) < 4.78 is 5.59. The fraction of sp³-hybridized carbons (Fsp3) is 0.467. The average Bonchev–Trinajstić information content (AvgIpc) is 2.68. The topological polar surface area (TPSA) is 78.9 Å². The minimum absolute atomic E-state index is 0.365. The van der Waals surface area contributed by atoms with E-state index in [1.54, 1.807) is 4.90 Å². The first-order valence-electron chi connectivity index (χ1n) is 7.10. The SMILES string of the molecule is CCCC(NC(=O)N1CCOc2ccccc2C1)C(=O)O. The molecule has 0 fully saturated rings. The van der Waals surface area contributed by atoms with Crippen LogP contribution >= 0.6 is 0 Å². The van der Waals surface area contributed by atoms with Crippen molar-refractivity contribution in [2.75, 3.05) is 13.2 Å². The Hall–Kier alpha value is -2.24. The summed E-state index contributed by atoms with van der Waals surface area (Å²) in [5.74, 6) is -0.229. The van der Waals surface area contributed by atoms with Crippen LogP contribution in [0.4, 0.5) is 4.79 Å². The van der Waals surface area contributed by atoms with Crippen molar-refractivity contribution in [1.82, 2.24) is 10.2 Å². The Kier molecular flexibility index (Phi) is 5.03. The number of carboxylic acids is 1. The fourth-order valence-electron chi connectivity index (χ4n) is 2.29. The lowest BCUT2D eigenvalue weighted by Crippen LogP contribution is -2.48. The first kappa shape index (κ1) is 15.2. The minimum atomic E-state index is -1.00. The Balaban J connectivity index is 2.04. The van der Waals surface area contributed by atoms with E-state index in [1.807, 2.05) is 31.2 Å². The van der Waals surface area contributed by atoms with Gasteiger partial charge in [0.05, 0.1) is 13.1 Å². The van der Waals surface area contributed by atoms with Crippen LogP contribution < -0.4 is 10.1 Å². The van der Waals surface area contributed by atoms with Gasteiger partial charge >= 0.3 is 12.0 Å². The van der Waals surface area contributed by atoms with E-state index in [1.165, 1.54) is 0 Å². The predicted octanol–water partition coefficient (Wildman–Crippen LogP) is 1.84. The van der Waals surface area contributed by atoms with Crippen LogP contribution in [0, 0.1) is 0 Å². The molecule has 1 aromatic carbocycles. The average molecular weight is 292 g/mol. The Labute approximate surface area is 123 Å². The van der Waals surface area contributed by atoms with Crippen molar-refractivity contribution < 1.29 is 19.4 Å². The Morgan fingerprint density at radius 2 is 2.19 bits per heavy atom. The van der Waals surface area contributed by atoms with Crippen molar-refractivity contribution in [3.8, 4) is 5.75 Å². The largest absolute Gasteiger partial charge is 0.491 e. The highest BCUT2D eigenvalue weighted by atomic mass is 16.5. The fourth-order valence-corrected chi connectivity index (χ4v) is 2.29. The van der Waals surface area contributed by atoms with Gasteiger partial charge in [0.25, 0.3) is 0 Å². The number of ether oxygens (including phenoxy) is 1. The molecule has 1 atom stereocenters. The number of rotatable bonds is 4. The molecule has 2 N–H and O–H groups in total. The maximum atomic E-state index is 12.2. The van der Waals surface area contributed by atoms with E-state index in [-0.39, 0.29) is 6.03 Å². The molecule has 6 heteroatoms. The second-order valence-electron chi connectivity index (χ2n) is 5.01. The number of hydrogen-bond acceptors (Lipinski definition) is 3. The molecule has 0 saturated carbocycles. The van der Waals surface area contributed by atoms with Crippen LogP contribution in [0.5, 0.6) is 5.75 Å². The normalized spacial score (nSPS) is 15.4. The number of carbonyl (C=O) groups is 2. The van der Waals surface area contributed by atoms with Gasteiger partial charge in [-0.15, -0.1) is 0 Å². The van der Waals surface area contributed by atoms with Crippen LogP contribution in [0.3, 0.4) is 0 Å². The van der Waals surface area contributed by atoms with Gasteiger partial charge in [0.15, 0.2) is 0 Å². The van der Waals surface area contributed by atoms with Gasteiger partial charge in [0, 0.05) is 5.56 Å². The van der Waals surface area contributed by atoms with E-state index in [0.717, 1.165) is 11.3 Å². The molecule has 0 aliphatic carbocycles. The number of hydrogen-bond donors (Lipinski definition) is 2. The van der Waals surface area contributed by atoms with Gasteiger partial charge < -0.3 is 20.1 Å². The molecule has 0 saturated heterocycles. The molecule has 1 heterocycles. The third-order valence-electron chi connectivity index (χ3n) is 3.41. The van der Waals surface area contributed by atoms with Gasteiger partial charge in [-0.05, 0) is 12.5 Å². The van der Waals surface area contributed by atoms with Crippen molar-refractivity contribution in [2.45, 2.75) is 32.4 Å². The number of amides is 2. The third-order valence-corrected chi connectivity index (χ3v) is 3.41. The number of nitrogens with one attached hydrogen (secondary N) is 1. The van der Waals surface area contributed by atoms with E-state index in [2.05, 4.69) is 5.32 Å². The molecule has 1 aromatic rings. The smallest absolute Gasteiger partial charge is 0.326 e. The molecule has 2 amide bonds. The first-order chi connectivity index (χ1) is 10.1. The highest BCUT2D eigenvalue weighted by Gasteiger charge is 2.24. The van der Waals surface area contributed by atoms with Crippen LogP contribution in [-0.4, -0.2) is 41.2 Å². The summed E-state index contributed by atoms with van der Waals surface area (Å²) in [5.41, 5.74) is 0.924. The number of carbonyl (C=O) groups excluding carboxylic acids is 1. The Morgan fingerprint density at radius 3 is 2.90 bits per heavy atom. The highest BCUT2D eigenvalue weighted by Crippen LogP contribution is 2.22. The quantitative estimate of drug-likeness (QED) is 0.887. The molecule has 2 rings (SSSR count). The Bertz CT molecular complexity index is 518. The lowest BCUT2D eigenvalue weighted by molar-refractivity contribution is -0.139. The van der Waals surface area contributed by atoms with Gasteiger partial charge in [-0.25, -0.2) is 9.59 Å². The molecule has 0 bridgehead atoms. The number of para-hydroxylation sites is 1. The summed E-state index contributed by atoms with van der Waals surface area (Å²) in [4.78, 5) is 24.9. The van der Waals surface area contributed by atoms with Crippen molar-refractivity contribution in [3.05, 3.63) is 29.8 Å². The van der Waals surface area contributed by atoms with Gasteiger partial charge in [0.2, 0.25) is 0 Å². The van der Waals surface area contributed by atoms with Gasteiger partial charge in [0.1, 0.15) is 18.4 Å². The zero-order chi connectivity index (χ0) is 15.2. The van der Waals surface area contributed by atoms with E-state index in [0.29, 0.717) is 32.5 Å². The van der Waals surface area contributed by atoms with Crippen LogP contribution in [0.25, 0.3) is 0 Å². The van der Waals surface area contributed by atoms with Crippen molar-refractivity contribution in [2.24, 2.45) is 0 Å². The number of carboxylic acid groups (broad SMARTS) is 1. The maximum Gasteiger partial charge on any atom is 0.326 e. The second-order valence-corrected chi connectivity index (χ2v) is 5.01. The standard InChI is InChI=1S/C15H20N2O4/c1-2-5-12(14(18)19)16-15(20)17-8-9-21-13-7-4-3-6-11(13)10-17/h3-4,6-7,12H,2,5,8-10H2,1H3,(H,16,20)(H,18,19). The minimum Gasteiger partial charge on any atom is -0.491 e. The highest BCUT2D eigenvalue weighted by molar-refractivity contribution is 5.82. The number of urea groups is 1. The van der Waals surface area contributed by atoms with E-state index < -0.39 is 12.0 Å².